The van der Waals surface area contributed by atoms with Crippen molar-refractivity contribution in [2.24, 2.45) is 5.10 Å². The van der Waals surface area contributed by atoms with Gasteiger partial charge in [-0.2, -0.15) is 5.10 Å². The lowest BCUT2D eigenvalue weighted by molar-refractivity contribution is 0.415. The Labute approximate surface area is 168 Å². The Morgan fingerprint density at radius 2 is 2.00 bits per heavy atom. The van der Waals surface area contributed by atoms with Crippen LogP contribution < -0.4 is 15.5 Å². The van der Waals surface area contributed by atoms with Crippen molar-refractivity contribution in [3.63, 3.8) is 0 Å². The van der Waals surface area contributed by atoms with E-state index in [1.165, 1.54) is 0 Å². The first-order chi connectivity index (χ1) is 13.1. The number of benzene rings is 2. The fraction of sp³-hybridized carbons (Fsp3) is 0.100. The number of anilines is 1. The number of halogens is 1. The van der Waals surface area contributed by atoms with Gasteiger partial charge in [0.1, 0.15) is 5.75 Å². The van der Waals surface area contributed by atoms with E-state index in [0.29, 0.717) is 11.7 Å². The third-order valence-corrected chi connectivity index (χ3v) is 4.25. The molecule has 0 aliphatic rings. The lowest BCUT2D eigenvalue weighted by Gasteiger charge is -2.08. The number of nitrogens with one attached hydrogen (secondary N) is 2. The second-order valence-electron chi connectivity index (χ2n) is 5.74. The van der Waals surface area contributed by atoms with Gasteiger partial charge in [0.05, 0.1) is 19.0 Å². The van der Waals surface area contributed by atoms with Crippen molar-refractivity contribution in [3.8, 4) is 5.75 Å². The zero-order chi connectivity index (χ0) is 19.1. The van der Waals surface area contributed by atoms with Crippen LogP contribution in [0, 0.1) is 0 Å². The normalized spacial score (nSPS) is 10.7. The van der Waals surface area contributed by atoms with Gasteiger partial charge in [-0.05, 0) is 66.3 Å². The van der Waals surface area contributed by atoms with Crippen LogP contribution in [-0.4, -0.2) is 23.0 Å². The van der Waals surface area contributed by atoms with E-state index in [2.05, 4.69) is 20.4 Å². The number of hydrazone groups is 1. The second-order valence-corrected chi connectivity index (χ2v) is 6.59. The molecule has 5 nitrogen and oxygen atoms in total. The van der Waals surface area contributed by atoms with Crippen molar-refractivity contribution in [2.45, 2.75) is 6.54 Å². The maximum Gasteiger partial charge on any atom is 0.191 e. The quantitative estimate of drug-likeness (QED) is 0.364. The summed E-state index contributed by atoms with van der Waals surface area (Å²) in [6, 6.07) is 19.2. The number of hydrogen-bond donors (Lipinski definition) is 2. The minimum Gasteiger partial charge on any atom is -0.497 e. The number of ether oxygens (including phenoxy) is 1. The van der Waals surface area contributed by atoms with Crippen LogP contribution in [0.4, 0.5) is 5.69 Å². The molecule has 2 N–H and O–H groups in total. The predicted octanol–water partition coefficient (Wildman–Crippen LogP) is 4.52. The monoisotopic (exact) mass is 398 g/mol. The molecule has 0 radical (unpaired) electrons. The molecule has 0 fully saturated rings. The largest absolute Gasteiger partial charge is 0.497 e. The van der Waals surface area contributed by atoms with Crippen LogP contribution in [0.2, 0.25) is 5.02 Å². The minimum atomic E-state index is 0.407. The zero-order valence-corrected chi connectivity index (χ0v) is 16.3. The lowest BCUT2D eigenvalue weighted by Crippen LogP contribution is -2.24. The molecule has 0 bridgehead atoms. The Morgan fingerprint density at radius 3 is 2.74 bits per heavy atom. The van der Waals surface area contributed by atoms with Crippen molar-refractivity contribution in [2.75, 3.05) is 12.4 Å². The molecule has 0 atom stereocenters. The topological polar surface area (TPSA) is 50.6 Å². The fourth-order valence-corrected chi connectivity index (χ4v) is 2.89. The van der Waals surface area contributed by atoms with E-state index in [-0.39, 0.29) is 0 Å². The van der Waals surface area contributed by atoms with Gasteiger partial charge in [-0.3, -0.25) is 5.43 Å². The Kier molecular flexibility index (Phi) is 6.46. The molecule has 0 amide bonds. The summed E-state index contributed by atoms with van der Waals surface area (Å²) in [5, 5.41) is 8.41. The predicted molar refractivity (Wildman–Crippen MR) is 115 cm³/mol. The number of aromatic nitrogens is 1. The molecule has 0 spiro atoms. The van der Waals surface area contributed by atoms with Gasteiger partial charge in [-0.25, -0.2) is 0 Å². The molecule has 3 aromatic rings. The van der Waals surface area contributed by atoms with Crippen molar-refractivity contribution in [1.82, 2.24) is 9.99 Å². The molecular weight excluding hydrogens is 380 g/mol. The molecular formula is C20H19ClN4OS. The Hall–Kier alpha value is -2.83. The van der Waals surface area contributed by atoms with Gasteiger partial charge in [0, 0.05) is 23.5 Å². The summed E-state index contributed by atoms with van der Waals surface area (Å²) in [5.74, 6) is 0.790. The van der Waals surface area contributed by atoms with Crippen molar-refractivity contribution in [1.29, 1.82) is 0 Å². The van der Waals surface area contributed by atoms with E-state index in [0.717, 1.165) is 27.7 Å². The standard InChI is InChI=1S/C20H19ClN4OS/c1-26-19-9-7-17(8-10-19)23-20(27)24-22-13-18-6-3-11-25(18)14-15-4-2-5-16(21)12-15/h2-13H,14H2,1H3,(H2,23,24,27)/b22-13-. The summed E-state index contributed by atoms with van der Waals surface area (Å²) in [6.45, 7) is 0.712. The molecule has 2 aromatic carbocycles. The molecule has 0 saturated heterocycles. The number of nitrogens with zero attached hydrogens (tertiary/aromatic N) is 2. The highest BCUT2D eigenvalue weighted by Crippen LogP contribution is 2.15. The molecule has 1 aromatic heterocycles. The van der Waals surface area contributed by atoms with Crippen molar-refractivity contribution in [3.05, 3.63) is 83.1 Å². The molecule has 3 rings (SSSR count). The Balaban J connectivity index is 1.56. The van der Waals surface area contributed by atoms with Gasteiger partial charge < -0.3 is 14.6 Å². The first kappa shape index (κ1) is 18.9. The third-order valence-electron chi connectivity index (χ3n) is 3.82. The van der Waals surface area contributed by atoms with Crippen LogP contribution >= 0.6 is 23.8 Å². The third kappa shape index (κ3) is 5.57. The highest BCUT2D eigenvalue weighted by Gasteiger charge is 2.01. The maximum absolute atomic E-state index is 6.05. The summed E-state index contributed by atoms with van der Waals surface area (Å²) in [5.41, 5.74) is 5.75. The van der Waals surface area contributed by atoms with Crippen LogP contribution in [0.3, 0.4) is 0 Å². The molecule has 27 heavy (non-hydrogen) atoms. The maximum atomic E-state index is 6.05. The van der Waals surface area contributed by atoms with E-state index in [1.54, 1.807) is 13.3 Å². The second kappa shape index (κ2) is 9.21. The minimum absolute atomic E-state index is 0.407. The van der Waals surface area contributed by atoms with Crippen LogP contribution in [-0.2, 0) is 6.54 Å². The molecule has 1 heterocycles. The number of rotatable bonds is 6. The van der Waals surface area contributed by atoms with Crippen LogP contribution in [0.1, 0.15) is 11.3 Å². The van der Waals surface area contributed by atoms with E-state index < -0.39 is 0 Å². The SMILES string of the molecule is COc1ccc(NC(=S)N/N=C\c2cccn2Cc2cccc(Cl)c2)cc1. The Morgan fingerprint density at radius 1 is 1.19 bits per heavy atom. The summed E-state index contributed by atoms with van der Waals surface area (Å²) in [6.07, 6.45) is 3.72. The summed E-state index contributed by atoms with van der Waals surface area (Å²) >= 11 is 11.3. The van der Waals surface area contributed by atoms with Crippen LogP contribution in [0.25, 0.3) is 0 Å². The van der Waals surface area contributed by atoms with Gasteiger partial charge in [0.15, 0.2) is 5.11 Å². The van der Waals surface area contributed by atoms with Gasteiger partial charge in [0.2, 0.25) is 0 Å². The smallest absolute Gasteiger partial charge is 0.191 e. The van der Waals surface area contributed by atoms with Gasteiger partial charge in [-0.15, -0.1) is 0 Å². The van der Waals surface area contributed by atoms with Gasteiger partial charge in [0.25, 0.3) is 0 Å². The average molecular weight is 399 g/mol. The van der Waals surface area contributed by atoms with E-state index >= 15 is 0 Å². The first-order valence-corrected chi connectivity index (χ1v) is 9.06. The van der Waals surface area contributed by atoms with Crippen molar-refractivity contribution < 1.29 is 4.74 Å². The van der Waals surface area contributed by atoms with Gasteiger partial charge in [-0.1, -0.05) is 23.7 Å². The van der Waals surface area contributed by atoms with Crippen LogP contribution in [0.15, 0.2) is 72.0 Å². The lowest BCUT2D eigenvalue weighted by atomic mass is 10.2. The number of methoxy groups -OCH3 is 1. The van der Waals surface area contributed by atoms with E-state index in [4.69, 9.17) is 28.6 Å². The van der Waals surface area contributed by atoms with E-state index in [9.17, 15) is 0 Å². The molecule has 0 aliphatic heterocycles. The molecule has 0 unspecified atom stereocenters. The number of hydrogen-bond acceptors (Lipinski definition) is 3. The van der Waals surface area contributed by atoms with Crippen LogP contribution in [0.5, 0.6) is 5.75 Å². The highest BCUT2D eigenvalue weighted by molar-refractivity contribution is 7.80. The average Bonchev–Trinajstić information content (AvgIpc) is 3.09. The zero-order valence-electron chi connectivity index (χ0n) is 14.7. The number of thiocarbonyl (C=S) groups is 1. The Bertz CT molecular complexity index is 937. The molecule has 7 heteroatoms. The molecule has 0 aliphatic carbocycles. The fourth-order valence-electron chi connectivity index (χ4n) is 2.51. The van der Waals surface area contributed by atoms with Gasteiger partial charge >= 0.3 is 0 Å². The summed E-state index contributed by atoms with van der Waals surface area (Å²) in [7, 11) is 1.63. The highest BCUT2D eigenvalue weighted by atomic mass is 35.5. The van der Waals surface area contributed by atoms with E-state index in [1.807, 2.05) is 66.9 Å². The summed E-state index contributed by atoms with van der Waals surface area (Å²) < 4.78 is 7.21. The van der Waals surface area contributed by atoms with Crippen molar-refractivity contribution >= 4 is 40.8 Å². The first-order valence-electron chi connectivity index (χ1n) is 8.28. The molecule has 138 valence electrons. The molecule has 0 saturated carbocycles. The summed E-state index contributed by atoms with van der Waals surface area (Å²) in [4.78, 5) is 0.